The van der Waals surface area contributed by atoms with E-state index in [0.29, 0.717) is 15.6 Å². The Hall–Kier alpha value is -2.08. The van der Waals surface area contributed by atoms with Gasteiger partial charge in [0.25, 0.3) is 0 Å². The van der Waals surface area contributed by atoms with Gasteiger partial charge < -0.3 is 0 Å². The Bertz CT molecular complexity index is 971. The third kappa shape index (κ3) is 4.55. The predicted molar refractivity (Wildman–Crippen MR) is 109 cm³/mol. The smallest absolute Gasteiger partial charge is 0.250 e. The van der Waals surface area contributed by atoms with Crippen molar-refractivity contribution >= 4 is 58.0 Å². The number of rotatable bonds is 5. The summed E-state index contributed by atoms with van der Waals surface area (Å²) in [5, 5.41) is 5.92. The molecule has 1 N–H and O–H groups in total. The molecule has 3 aromatic rings. The van der Waals surface area contributed by atoms with Crippen LogP contribution in [0.15, 0.2) is 58.5 Å². The molecular formula is C19H15Cl2N3OS. The molecule has 0 atom stereocenters. The van der Waals surface area contributed by atoms with Gasteiger partial charge in [-0.3, -0.25) is 9.78 Å². The maximum atomic E-state index is 12.1. The third-order valence-electron chi connectivity index (χ3n) is 3.55. The molecule has 1 heterocycles. The predicted octanol–water partition coefficient (Wildman–Crippen LogP) is 5.09. The van der Waals surface area contributed by atoms with Crippen molar-refractivity contribution in [2.45, 2.75) is 11.8 Å². The number of halogens is 2. The second-order valence-corrected chi connectivity index (χ2v) is 7.33. The SMILES string of the molecule is Cc1cc(SCC(=O)N/N=C\c2c(Cl)cccc2Cl)c2ccccc2n1. The molecule has 1 aromatic heterocycles. The summed E-state index contributed by atoms with van der Waals surface area (Å²) >= 11 is 13.6. The Morgan fingerprint density at radius 3 is 2.69 bits per heavy atom. The highest BCUT2D eigenvalue weighted by Crippen LogP contribution is 2.27. The fourth-order valence-electron chi connectivity index (χ4n) is 2.37. The van der Waals surface area contributed by atoms with Gasteiger partial charge in [0, 0.05) is 21.5 Å². The number of nitrogens with zero attached hydrogens (tertiary/aromatic N) is 2. The van der Waals surface area contributed by atoms with Crippen molar-refractivity contribution in [2.75, 3.05) is 5.75 Å². The maximum absolute atomic E-state index is 12.1. The molecule has 0 bridgehead atoms. The summed E-state index contributed by atoms with van der Waals surface area (Å²) in [5.41, 5.74) is 4.90. The lowest BCUT2D eigenvalue weighted by molar-refractivity contribution is -0.118. The van der Waals surface area contributed by atoms with E-state index in [-0.39, 0.29) is 11.7 Å². The molecule has 0 aliphatic heterocycles. The van der Waals surface area contributed by atoms with Crippen LogP contribution in [0.1, 0.15) is 11.3 Å². The minimum absolute atomic E-state index is 0.215. The molecule has 0 aliphatic carbocycles. The zero-order valence-corrected chi connectivity index (χ0v) is 16.2. The number of aromatic nitrogens is 1. The molecule has 2 aromatic carbocycles. The monoisotopic (exact) mass is 403 g/mol. The number of amides is 1. The molecule has 0 spiro atoms. The Morgan fingerprint density at radius 1 is 1.19 bits per heavy atom. The van der Waals surface area contributed by atoms with Gasteiger partial charge in [0.1, 0.15) is 0 Å². The Labute approximate surface area is 165 Å². The number of pyridine rings is 1. The van der Waals surface area contributed by atoms with Crippen molar-refractivity contribution < 1.29 is 4.79 Å². The summed E-state index contributed by atoms with van der Waals surface area (Å²) in [5.74, 6) is 0.0223. The lowest BCUT2D eigenvalue weighted by atomic mass is 10.2. The molecule has 0 fully saturated rings. The quantitative estimate of drug-likeness (QED) is 0.366. The van der Waals surface area contributed by atoms with E-state index in [0.717, 1.165) is 21.5 Å². The fraction of sp³-hybridized carbons (Fsp3) is 0.105. The first kappa shape index (κ1) is 18.7. The standard InChI is InChI=1S/C19H15Cl2N3OS/c1-12-9-18(13-5-2-3-8-17(13)23-12)26-11-19(25)24-22-10-14-15(20)6-4-7-16(14)21/h2-10H,11H2,1H3,(H,24,25)/b22-10-. The van der Waals surface area contributed by atoms with E-state index < -0.39 is 0 Å². The number of benzene rings is 2. The Kier molecular flexibility index (Phi) is 6.14. The van der Waals surface area contributed by atoms with E-state index in [1.54, 1.807) is 18.2 Å². The van der Waals surface area contributed by atoms with Crippen molar-refractivity contribution in [3.63, 3.8) is 0 Å². The number of para-hydroxylation sites is 1. The number of hydrogen-bond donors (Lipinski definition) is 1. The summed E-state index contributed by atoms with van der Waals surface area (Å²) in [7, 11) is 0. The summed E-state index contributed by atoms with van der Waals surface area (Å²) < 4.78 is 0. The fourth-order valence-corrected chi connectivity index (χ4v) is 3.80. The van der Waals surface area contributed by atoms with Gasteiger partial charge in [-0.15, -0.1) is 11.8 Å². The first-order chi connectivity index (χ1) is 12.5. The molecule has 0 unspecified atom stereocenters. The topological polar surface area (TPSA) is 54.4 Å². The summed E-state index contributed by atoms with van der Waals surface area (Å²) in [4.78, 5) is 17.6. The van der Waals surface area contributed by atoms with Crippen LogP contribution in [0, 0.1) is 6.92 Å². The molecule has 0 radical (unpaired) electrons. The molecule has 7 heteroatoms. The lowest BCUT2D eigenvalue weighted by Crippen LogP contribution is -2.19. The number of thioether (sulfide) groups is 1. The van der Waals surface area contributed by atoms with Crippen molar-refractivity contribution in [3.8, 4) is 0 Å². The van der Waals surface area contributed by atoms with E-state index in [1.165, 1.54) is 18.0 Å². The average Bonchev–Trinajstić information content (AvgIpc) is 2.62. The first-order valence-electron chi connectivity index (χ1n) is 7.79. The molecule has 0 saturated heterocycles. The van der Waals surface area contributed by atoms with Crippen LogP contribution in [-0.4, -0.2) is 22.9 Å². The van der Waals surface area contributed by atoms with Crippen LogP contribution in [0.4, 0.5) is 0 Å². The number of fused-ring (bicyclic) bond motifs is 1. The minimum Gasteiger partial charge on any atom is -0.272 e. The van der Waals surface area contributed by atoms with Gasteiger partial charge in [0.05, 0.1) is 27.5 Å². The van der Waals surface area contributed by atoms with Gasteiger partial charge in [0.15, 0.2) is 0 Å². The molecule has 132 valence electrons. The normalized spacial score (nSPS) is 11.2. The summed E-state index contributed by atoms with van der Waals surface area (Å²) in [6.07, 6.45) is 1.44. The number of carbonyl (C=O) groups excluding carboxylic acids is 1. The molecule has 1 amide bonds. The minimum atomic E-state index is -0.215. The molecule has 4 nitrogen and oxygen atoms in total. The Morgan fingerprint density at radius 2 is 1.92 bits per heavy atom. The van der Waals surface area contributed by atoms with Crippen LogP contribution >= 0.6 is 35.0 Å². The van der Waals surface area contributed by atoms with E-state index in [9.17, 15) is 4.79 Å². The highest BCUT2D eigenvalue weighted by atomic mass is 35.5. The van der Waals surface area contributed by atoms with Crippen LogP contribution in [0.5, 0.6) is 0 Å². The van der Waals surface area contributed by atoms with Crippen LogP contribution in [-0.2, 0) is 4.79 Å². The summed E-state index contributed by atoms with van der Waals surface area (Å²) in [6.45, 7) is 1.94. The van der Waals surface area contributed by atoms with Crippen molar-refractivity contribution in [3.05, 3.63) is 69.8 Å². The van der Waals surface area contributed by atoms with E-state index in [4.69, 9.17) is 23.2 Å². The molecule has 3 rings (SSSR count). The van der Waals surface area contributed by atoms with Crippen LogP contribution in [0.2, 0.25) is 10.0 Å². The van der Waals surface area contributed by atoms with Crippen molar-refractivity contribution in [2.24, 2.45) is 5.10 Å². The maximum Gasteiger partial charge on any atom is 0.250 e. The second-order valence-electron chi connectivity index (χ2n) is 5.50. The average molecular weight is 404 g/mol. The van der Waals surface area contributed by atoms with Gasteiger partial charge in [-0.25, -0.2) is 5.43 Å². The third-order valence-corrected chi connectivity index (χ3v) is 5.26. The van der Waals surface area contributed by atoms with Gasteiger partial charge in [-0.2, -0.15) is 5.10 Å². The molecule has 0 saturated carbocycles. The first-order valence-corrected chi connectivity index (χ1v) is 9.54. The number of hydrogen-bond acceptors (Lipinski definition) is 4. The van der Waals surface area contributed by atoms with E-state index in [2.05, 4.69) is 15.5 Å². The highest BCUT2D eigenvalue weighted by Gasteiger charge is 2.08. The van der Waals surface area contributed by atoms with Crippen LogP contribution < -0.4 is 5.43 Å². The van der Waals surface area contributed by atoms with Crippen LogP contribution in [0.25, 0.3) is 10.9 Å². The summed E-state index contributed by atoms with van der Waals surface area (Å²) in [6, 6.07) is 15.0. The number of aryl methyl sites for hydroxylation is 1. The molecular weight excluding hydrogens is 389 g/mol. The van der Waals surface area contributed by atoms with E-state index >= 15 is 0 Å². The lowest BCUT2D eigenvalue weighted by Gasteiger charge is -2.07. The molecule has 0 aliphatic rings. The Balaban J connectivity index is 1.64. The highest BCUT2D eigenvalue weighted by molar-refractivity contribution is 8.00. The van der Waals surface area contributed by atoms with Gasteiger partial charge in [-0.05, 0) is 31.2 Å². The van der Waals surface area contributed by atoms with Crippen molar-refractivity contribution in [1.82, 2.24) is 10.4 Å². The number of carbonyl (C=O) groups is 1. The molecule has 26 heavy (non-hydrogen) atoms. The zero-order valence-electron chi connectivity index (χ0n) is 13.9. The largest absolute Gasteiger partial charge is 0.272 e. The van der Waals surface area contributed by atoms with Gasteiger partial charge in [-0.1, -0.05) is 47.5 Å². The van der Waals surface area contributed by atoms with Gasteiger partial charge >= 0.3 is 0 Å². The van der Waals surface area contributed by atoms with E-state index in [1.807, 2.05) is 37.3 Å². The zero-order chi connectivity index (χ0) is 18.5. The second kappa shape index (κ2) is 8.54. The number of nitrogens with one attached hydrogen (secondary N) is 1. The number of hydrazone groups is 1. The van der Waals surface area contributed by atoms with Crippen LogP contribution in [0.3, 0.4) is 0 Å². The van der Waals surface area contributed by atoms with Gasteiger partial charge in [0.2, 0.25) is 5.91 Å². The van der Waals surface area contributed by atoms with Crippen molar-refractivity contribution in [1.29, 1.82) is 0 Å².